The molecule has 2 N–H and O–H groups in total. The van der Waals surface area contributed by atoms with E-state index in [0.29, 0.717) is 0 Å². The zero-order valence-electron chi connectivity index (χ0n) is 6.93. The Kier molecular flexibility index (Phi) is 6.34. The van der Waals surface area contributed by atoms with E-state index >= 15 is 0 Å². The number of carboxylic acids is 2. The van der Waals surface area contributed by atoms with Crippen molar-refractivity contribution in [2.24, 2.45) is 5.41 Å². The molecule has 0 aromatic heterocycles. The molecule has 0 aliphatic rings. The zero-order chi connectivity index (χ0) is 9.07. The Labute approximate surface area is 86.5 Å². The van der Waals surface area contributed by atoms with Crippen molar-refractivity contribution in [1.82, 2.24) is 0 Å². The summed E-state index contributed by atoms with van der Waals surface area (Å²) in [5.74, 6) is -1.92. The number of hydrogen-bond donors (Lipinski definition) is 2. The minimum absolute atomic E-state index is 0. The normalized spacial score (nSPS) is 10.2. The van der Waals surface area contributed by atoms with Crippen LogP contribution in [0.5, 0.6) is 0 Å². The monoisotopic (exact) mass is 267 g/mol. The predicted molar refractivity (Wildman–Crippen MR) is 38.3 cm³/mol. The largest absolute Gasteiger partial charge is 0.481 e. The van der Waals surface area contributed by atoms with Crippen LogP contribution in [0.4, 0.5) is 0 Å². The van der Waals surface area contributed by atoms with Crippen molar-refractivity contribution >= 4 is 11.9 Å². The molecule has 0 amide bonds. The summed E-state index contributed by atoms with van der Waals surface area (Å²) in [7, 11) is 0. The molecule has 0 aromatic rings. The maximum absolute atomic E-state index is 10.4. The third-order valence-electron chi connectivity index (χ3n) is 1.54. The van der Waals surface area contributed by atoms with Crippen LogP contribution in [0.25, 0.3) is 0 Å². The second-order valence-corrected chi connectivity index (χ2v) is 3.08. The van der Waals surface area contributed by atoms with Gasteiger partial charge in [0.1, 0.15) is 0 Å². The summed E-state index contributed by atoms with van der Waals surface area (Å²) in [6.07, 6.45) is 0.0664. The van der Waals surface area contributed by atoms with Crippen LogP contribution in [0.15, 0.2) is 0 Å². The van der Waals surface area contributed by atoms with E-state index < -0.39 is 17.4 Å². The van der Waals surface area contributed by atoms with Crippen LogP contribution in [0, 0.1) is 5.41 Å². The van der Waals surface area contributed by atoms with Gasteiger partial charge >= 0.3 is 11.9 Å². The van der Waals surface area contributed by atoms with Crippen LogP contribution in [0.1, 0.15) is 26.7 Å². The molecule has 0 aromatic carbocycles. The number of rotatable bonds is 4. The topological polar surface area (TPSA) is 74.6 Å². The maximum atomic E-state index is 10.4. The van der Waals surface area contributed by atoms with Gasteiger partial charge in [0.25, 0.3) is 0 Å². The second-order valence-electron chi connectivity index (χ2n) is 3.08. The molecule has 0 aliphatic carbocycles. The van der Waals surface area contributed by atoms with Crippen molar-refractivity contribution in [2.75, 3.05) is 0 Å². The smallest absolute Gasteiger partial charge is 0.309 e. The van der Waals surface area contributed by atoms with E-state index in [9.17, 15) is 9.59 Å². The summed E-state index contributed by atoms with van der Waals surface area (Å²) in [5, 5.41) is 16.8. The first-order chi connectivity index (χ1) is 4.86. The van der Waals surface area contributed by atoms with Crippen LogP contribution in [0.2, 0.25) is 0 Å². The van der Waals surface area contributed by atoms with Gasteiger partial charge in [-0.1, -0.05) is 0 Å². The molecule has 0 fully saturated rings. The maximum Gasteiger partial charge on any atom is 0.309 e. The van der Waals surface area contributed by atoms with E-state index in [1.54, 1.807) is 0 Å². The molecule has 4 nitrogen and oxygen atoms in total. The molecule has 0 saturated carbocycles. The fourth-order valence-electron chi connectivity index (χ4n) is 0.526. The van der Waals surface area contributed by atoms with Crippen molar-refractivity contribution in [2.45, 2.75) is 26.7 Å². The van der Waals surface area contributed by atoms with Crippen molar-refractivity contribution in [3.63, 3.8) is 0 Å². The molecular weight excluding hydrogens is 256 g/mol. The summed E-state index contributed by atoms with van der Waals surface area (Å²) in [5.41, 5.74) is -0.932. The minimum Gasteiger partial charge on any atom is -0.481 e. The standard InChI is InChI=1S/C7H12O4.Ag/c1-7(2,6(10)11)4-3-5(8)9;/h3-4H2,1-2H3,(H,8,9)(H,10,11);. The fraction of sp³-hybridized carbons (Fsp3) is 0.714. The van der Waals surface area contributed by atoms with Gasteiger partial charge in [0.15, 0.2) is 0 Å². The van der Waals surface area contributed by atoms with Gasteiger partial charge in [-0.05, 0) is 20.3 Å². The van der Waals surface area contributed by atoms with Gasteiger partial charge in [0, 0.05) is 28.8 Å². The molecule has 0 spiro atoms. The SMILES string of the molecule is CC(C)(CCC(=O)O)C(=O)O.[Ag]. The van der Waals surface area contributed by atoms with E-state index in [4.69, 9.17) is 10.2 Å². The quantitative estimate of drug-likeness (QED) is 0.745. The average Bonchev–Trinajstić information content (AvgIpc) is 1.84. The summed E-state index contributed by atoms with van der Waals surface area (Å²) in [4.78, 5) is 20.5. The van der Waals surface area contributed by atoms with Gasteiger partial charge in [0.05, 0.1) is 5.41 Å². The molecule has 0 aliphatic heterocycles. The first-order valence-electron chi connectivity index (χ1n) is 3.31. The van der Waals surface area contributed by atoms with Gasteiger partial charge in [-0.25, -0.2) is 0 Å². The third kappa shape index (κ3) is 5.35. The Hall–Kier alpha value is -0.320. The molecule has 1 radical (unpaired) electrons. The van der Waals surface area contributed by atoms with E-state index in [2.05, 4.69) is 0 Å². The minimum atomic E-state index is -0.959. The average molecular weight is 268 g/mol. The molecular formula is C7H12AgO4. The van der Waals surface area contributed by atoms with E-state index in [0.717, 1.165) is 0 Å². The van der Waals surface area contributed by atoms with Gasteiger partial charge in [-0.15, -0.1) is 0 Å². The number of aliphatic carboxylic acids is 2. The predicted octanol–water partition coefficient (Wildman–Crippen LogP) is 0.960. The van der Waals surface area contributed by atoms with Crippen LogP contribution in [0.3, 0.4) is 0 Å². The molecule has 0 saturated heterocycles. The second kappa shape index (κ2) is 5.35. The van der Waals surface area contributed by atoms with Crippen molar-refractivity contribution in [1.29, 1.82) is 0 Å². The Balaban J connectivity index is 0. The fourth-order valence-corrected chi connectivity index (χ4v) is 0.526. The van der Waals surface area contributed by atoms with Crippen LogP contribution >= 0.6 is 0 Å². The van der Waals surface area contributed by atoms with Gasteiger partial charge < -0.3 is 10.2 Å². The van der Waals surface area contributed by atoms with Crippen molar-refractivity contribution < 1.29 is 42.2 Å². The first kappa shape index (κ1) is 14.2. The van der Waals surface area contributed by atoms with Gasteiger partial charge in [0.2, 0.25) is 0 Å². The summed E-state index contributed by atoms with van der Waals surface area (Å²) < 4.78 is 0. The Morgan fingerprint density at radius 3 is 1.92 bits per heavy atom. The van der Waals surface area contributed by atoms with Crippen LogP contribution < -0.4 is 0 Å². The molecule has 0 bridgehead atoms. The number of carboxylic acid groups (broad SMARTS) is 2. The molecule has 0 unspecified atom stereocenters. The van der Waals surface area contributed by atoms with E-state index in [-0.39, 0.29) is 35.2 Å². The molecule has 0 atom stereocenters. The van der Waals surface area contributed by atoms with E-state index in [1.807, 2.05) is 0 Å². The van der Waals surface area contributed by atoms with E-state index in [1.165, 1.54) is 13.8 Å². The van der Waals surface area contributed by atoms with Gasteiger partial charge in [-0.2, -0.15) is 0 Å². The first-order valence-corrected chi connectivity index (χ1v) is 3.31. The molecule has 0 rings (SSSR count). The summed E-state index contributed by atoms with van der Waals surface area (Å²) in [6.45, 7) is 3.02. The van der Waals surface area contributed by atoms with Gasteiger partial charge in [-0.3, -0.25) is 9.59 Å². The number of carbonyl (C=O) groups is 2. The molecule has 75 valence electrons. The van der Waals surface area contributed by atoms with Crippen LogP contribution in [-0.2, 0) is 32.0 Å². The van der Waals surface area contributed by atoms with Crippen molar-refractivity contribution in [3.05, 3.63) is 0 Å². The Bertz CT molecular complexity index is 176. The summed E-state index contributed by atoms with van der Waals surface area (Å²) >= 11 is 0. The summed E-state index contributed by atoms with van der Waals surface area (Å²) in [6, 6.07) is 0. The van der Waals surface area contributed by atoms with Crippen molar-refractivity contribution in [3.8, 4) is 0 Å². The molecule has 12 heavy (non-hydrogen) atoms. The molecule has 0 heterocycles. The Morgan fingerprint density at radius 1 is 1.25 bits per heavy atom. The van der Waals surface area contributed by atoms with Crippen LogP contribution in [-0.4, -0.2) is 22.2 Å². The Morgan fingerprint density at radius 2 is 1.67 bits per heavy atom. The molecule has 5 heteroatoms. The number of hydrogen-bond acceptors (Lipinski definition) is 2. The third-order valence-corrected chi connectivity index (χ3v) is 1.54. The zero-order valence-corrected chi connectivity index (χ0v) is 8.41.